The summed E-state index contributed by atoms with van der Waals surface area (Å²) in [6.07, 6.45) is 0.591. The highest BCUT2D eigenvalue weighted by Gasteiger charge is 2.33. The number of hydrogen-bond donors (Lipinski definition) is 1. The second-order valence-corrected chi connectivity index (χ2v) is 9.48. The van der Waals surface area contributed by atoms with Gasteiger partial charge in [-0.25, -0.2) is 9.97 Å². The summed E-state index contributed by atoms with van der Waals surface area (Å²) in [7, 11) is 0. The van der Waals surface area contributed by atoms with Crippen molar-refractivity contribution in [2.75, 3.05) is 4.90 Å². The number of aryl methyl sites for hydroxylation is 2. The number of anilines is 1. The third-order valence-corrected chi connectivity index (χ3v) is 7.57. The number of carbonyl (C=O) groups is 1. The first-order chi connectivity index (χ1) is 14.0. The number of rotatable bonds is 3. The Morgan fingerprint density at radius 2 is 1.93 bits per heavy atom. The molecule has 2 N–H and O–H groups in total. The van der Waals surface area contributed by atoms with Crippen LogP contribution in [0.2, 0.25) is 0 Å². The Balaban J connectivity index is 1.75. The average molecular weight is 421 g/mol. The predicted molar refractivity (Wildman–Crippen MR) is 120 cm³/mol. The van der Waals surface area contributed by atoms with Crippen molar-refractivity contribution in [1.82, 2.24) is 9.97 Å². The van der Waals surface area contributed by atoms with Gasteiger partial charge in [-0.05, 0) is 42.0 Å². The van der Waals surface area contributed by atoms with Gasteiger partial charge in [-0.15, -0.1) is 22.7 Å². The quantitative estimate of drug-likeness (QED) is 0.531. The van der Waals surface area contributed by atoms with Gasteiger partial charge >= 0.3 is 0 Å². The SMILES string of the molecule is Cc1sc2nc(-c3cccs3)nc(N3Cc4ccccc4C[C@@H]3C(N)=O)c2c1C. The maximum absolute atomic E-state index is 12.4. The minimum atomic E-state index is -0.432. The fourth-order valence-corrected chi connectivity index (χ4v) is 5.63. The van der Waals surface area contributed by atoms with Crippen LogP contribution >= 0.6 is 22.7 Å². The Labute approximate surface area is 176 Å². The maximum Gasteiger partial charge on any atom is 0.240 e. The molecule has 1 atom stereocenters. The van der Waals surface area contributed by atoms with Gasteiger partial charge < -0.3 is 10.6 Å². The summed E-state index contributed by atoms with van der Waals surface area (Å²) >= 11 is 3.29. The molecule has 7 heteroatoms. The molecular weight excluding hydrogens is 400 g/mol. The van der Waals surface area contributed by atoms with Crippen LogP contribution in [-0.2, 0) is 17.8 Å². The van der Waals surface area contributed by atoms with E-state index in [0.29, 0.717) is 18.8 Å². The number of carbonyl (C=O) groups excluding carboxylic acids is 1. The molecule has 5 nitrogen and oxygen atoms in total. The van der Waals surface area contributed by atoms with Crippen LogP contribution in [0, 0.1) is 13.8 Å². The van der Waals surface area contributed by atoms with Gasteiger partial charge in [0.05, 0.1) is 10.3 Å². The van der Waals surface area contributed by atoms with Crippen LogP contribution in [0.3, 0.4) is 0 Å². The normalized spacial score (nSPS) is 16.2. The predicted octanol–water partition coefficient (Wildman–Crippen LogP) is 4.45. The zero-order valence-electron chi connectivity index (χ0n) is 16.2. The zero-order valence-corrected chi connectivity index (χ0v) is 17.8. The van der Waals surface area contributed by atoms with E-state index in [2.05, 4.69) is 30.9 Å². The van der Waals surface area contributed by atoms with E-state index in [1.165, 1.54) is 21.6 Å². The van der Waals surface area contributed by atoms with E-state index in [1.54, 1.807) is 22.7 Å². The van der Waals surface area contributed by atoms with E-state index in [9.17, 15) is 4.79 Å². The van der Waals surface area contributed by atoms with Gasteiger partial charge in [-0.3, -0.25) is 4.79 Å². The first-order valence-corrected chi connectivity index (χ1v) is 11.2. The van der Waals surface area contributed by atoms with Crippen molar-refractivity contribution >= 4 is 44.6 Å². The average Bonchev–Trinajstić information content (AvgIpc) is 3.35. The molecule has 0 fully saturated rings. The van der Waals surface area contributed by atoms with Gasteiger partial charge in [0.2, 0.25) is 5.91 Å². The summed E-state index contributed by atoms with van der Waals surface area (Å²) in [6, 6.07) is 11.8. The number of fused-ring (bicyclic) bond motifs is 2. The summed E-state index contributed by atoms with van der Waals surface area (Å²) < 4.78 is 0. The summed E-state index contributed by atoms with van der Waals surface area (Å²) in [5.74, 6) is 1.18. The van der Waals surface area contributed by atoms with Crippen LogP contribution in [0.4, 0.5) is 5.82 Å². The van der Waals surface area contributed by atoms with Crippen LogP contribution in [0.25, 0.3) is 20.9 Å². The third-order valence-electron chi connectivity index (χ3n) is 5.60. The standard InChI is InChI=1S/C22H20N4OS2/c1-12-13(2)29-22-18(12)21(24-20(25-22)17-8-5-9-28-17)26-11-15-7-4-3-6-14(15)10-16(26)19(23)27/h3-9,16H,10-11H2,1-2H3,(H2,23,27)/t16-/m1/s1. The molecule has 0 radical (unpaired) electrons. The number of thiophene rings is 2. The van der Waals surface area contributed by atoms with E-state index < -0.39 is 6.04 Å². The lowest BCUT2D eigenvalue weighted by Gasteiger charge is -2.36. The molecule has 1 aliphatic rings. The van der Waals surface area contributed by atoms with E-state index in [1.807, 2.05) is 29.6 Å². The molecule has 0 unspecified atom stereocenters. The Kier molecular flexibility index (Phi) is 4.37. The largest absolute Gasteiger partial charge is 0.368 e. The smallest absolute Gasteiger partial charge is 0.240 e. The van der Waals surface area contributed by atoms with Gasteiger partial charge in [0.25, 0.3) is 0 Å². The molecule has 1 amide bonds. The van der Waals surface area contributed by atoms with E-state index >= 15 is 0 Å². The fraction of sp³-hybridized carbons (Fsp3) is 0.227. The summed E-state index contributed by atoms with van der Waals surface area (Å²) in [4.78, 5) is 27.5. The molecule has 4 heterocycles. The number of primary amides is 1. The Hall–Kier alpha value is -2.77. The Bertz CT molecular complexity index is 1230. The summed E-state index contributed by atoms with van der Waals surface area (Å²) in [6.45, 7) is 4.81. The molecule has 3 aromatic heterocycles. The summed E-state index contributed by atoms with van der Waals surface area (Å²) in [5, 5.41) is 3.05. The van der Waals surface area contributed by atoms with Crippen molar-refractivity contribution in [3.05, 3.63) is 63.3 Å². The monoisotopic (exact) mass is 420 g/mol. The Morgan fingerprint density at radius 3 is 2.66 bits per heavy atom. The number of amides is 1. The van der Waals surface area contributed by atoms with Crippen molar-refractivity contribution in [2.24, 2.45) is 5.73 Å². The molecule has 0 spiro atoms. The van der Waals surface area contributed by atoms with Crippen molar-refractivity contribution in [3.8, 4) is 10.7 Å². The molecular formula is C22H20N4OS2. The third kappa shape index (κ3) is 3.01. The molecule has 0 saturated heterocycles. The van der Waals surface area contributed by atoms with Gasteiger partial charge in [0, 0.05) is 17.8 Å². The minimum absolute atomic E-state index is 0.325. The van der Waals surface area contributed by atoms with Gasteiger partial charge in [0.15, 0.2) is 5.82 Å². The van der Waals surface area contributed by atoms with Crippen molar-refractivity contribution in [2.45, 2.75) is 32.9 Å². The number of aromatic nitrogens is 2. The molecule has 5 rings (SSSR count). The first-order valence-electron chi connectivity index (χ1n) is 9.47. The minimum Gasteiger partial charge on any atom is -0.368 e. The number of benzene rings is 1. The van der Waals surface area contributed by atoms with Crippen LogP contribution in [0.5, 0.6) is 0 Å². The summed E-state index contributed by atoms with van der Waals surface area (Å²) in [5.41, 5.74) is 9.40. The molecule has 0 aliphatic carbocycles. The van der Waals surface area contributed by atoms with Crippen LogP contribution in [-0.4, -0.2) is 21.9 Å². The first kappa shape index (κ1) is 18.3. The van der Waals surface area contributed by atoms with E-state index in [4.69, 9.17) is 15.7 Å². The lowest BCUT2D eigenvalue weighted by molar-refractivity contribution is -0.119. The lowest BCUT2D eigenvalue weighted by Crippen LogP contribution is -2.49. The highest BCUT2D eigenvalue weighted by Crippen LogP contribution is 2.39. The molecule has 4 aromatic rings. The molecule has 1 aromatic carbocycles. The molecule has 146 valence electrons. The number of nitrogens with two attached hydrogens (primary N) is 1. The van der Waals surface area contributed by atoms with Crippen LogP contribution in [0.15, 0.2) is 41.8 Å². The van der Waals surface area contributed by atoms with Crippen molar-refractivity contribution < 1.29 is 4.79 Å². The molecule has 0 saturated carbocycles. The van der Waals surface area contributed by atoms with E-state index in [-0.39, 0.29) is 5.91 Å². The lowest BCUT2D eigenvalue weighted by atomic mass is 9.93. The fourth-order valence-electron chi connectivity index (χ4n) is 3.95. The number of nitrogens with zero attached hydrogens (tertiary/aromatic N) is 3. The Morgan fingerprint density at radius 1 is 1.14 bits per heavy atom. The van der Waals surface area contributed by atoms with Crippen LogP contribution < -0.4 is 10.6 Å². The van der Waals surface area contributed by atoms with E-state index in [0.717, 1.165) is 20.9 Å². The van der Waals surface area contributed by atoms with Gasteiger partial charge in [0.1, 0.15) is 16.7 Å². The second kappa shape index (κ2) is 6.93. The van der Waals surface area contributed by atoms with Crippen molar-refractivity contribution in [1.29, 1.82) is 0 Å². The highest BCUT2D eigenvalue weighted by molar-refractivity contribution is 7.19. The topological polar surface area (TPSA) is 72.1 Å². The van der Waals surface area contributed by atoms with Gasteiger partial charge in [-0.2, -0.15) is 0 Å². The maximum atomic E-state index is 12.4. The molecule has 29 heavy (non-hydrogen) atoms. The zero-order chi connectivity index (χ0) is 20.1. The number of hydrogen-bond acceptors (Lipinski definition) is 6. The van der Waals surface area contributed by atoms with Gasteiger partial charge in [-0.1, -0.05) is 30.3 Å². The highest BCUT2D eigenvalue weighted by atomic mass is 32.1. The second-order valence-electron chi connectivity index (χ2n) is 7.33. The molecule has 1 aliphatic heterocycles. The van der Waals surface area contributed by atoms with Crippen molar-refractivity contribution in [3.63, 3.8) is 0 Å². The van der Waals surface area contributed by atoms with Crippen LogP contribution in [0.1, 0.15) is 21.6 Å². The molecule has 0 bridgehead atoms.